The lowest BCUT2D eigenvalue weighted by atomic mass is 9.74. The molecule has 0 bridgehead atoms. The Bertz CT molecular complexity index is 2140. The first-order chi connectivity index (χ1) is 25.6. The number of carbonyl (C=O) groups is 2. The summed E-state index contributed by atoms with van der Waals surface area (Å²) in [5.74, 6) is -5.83. The molecule has 1 aliphatic carbocycles. The normalized spacial score (nSPS) is 21.2. The quantitative estimate of drug-likeness (QED) is 0.201. The monoisotopic (exact) mass is 780 g/mol. The van der Waals surface area contributed by atoms with Crippen molar-refractivity contribution in [2.45, 2.75) is 76.6 Å². The van der Waals surface area contributed by atoms with Gasteiger partial charge in [-0.25, -0.2) is 8.78 Å². The van der Waals surface area contributed by atoms with E-state index in [9.17, 15) is 44.7 Å². The standard InChI is InChI=1S/C35H36F8N10O2/c1-18-5-6-21(13-24(18)27-46-17-48-52(27)30(36)37)26(15-45-28(54)19(2)34(38,39)40)51-29(55)33(49-31(51)44,16-32(3,4)35(41,42)43)22-9-7-20(8-10-22)25-14-47-53(50-25)23-11-12-23/h5-10,13-14,17,19,23,26,30H,1,11-12,15-16H2,2-4H3,(H4,44,45,46,48,49,54)/t19-,26?,33+/m0/s1. The Balaban J connectivity index is 1.46. The molecule has 3 atom stereocenters. The first kappa shape index (κ1) is 39.1. The summed E-state index contributed by atoms with van der Waals surface area (Å²) in [6, 6.07) is 8.65. The minimum Gasteiger partial charge on any atom is -0.366 e. The molecule has 3 aromatic rings. The lowest BCUT2D eigenvalue weighted by Gasteiger charge is -2.35. The summed E-state index contributed by atoms with van der Waals surface area (Å²) in [4.78, 5) is 32.8. The van der Waals surface area contributed by atoms with Gasteiger partial charge in [-0.15, -0.1) is 0 Å². The molecule has 1 fully saturated rings. The van der Waals surface area contributed by atoms with E-state index in [1.807, 2.05) is 0 Å². The van der Waals surface area contributed by atoms with Crippen LogP contribution in [0.3, 0.4) is 0 Å². The second-order valence-electron chi connectivity index (χ2n) is 14.3. The lowest BCUT2D eigenvalue weighted by Crippen LogP contribution is -2.86. The first-order valence-corrected chi connectivity index (χ1v) is 17.0. The molecule has 294 valence electrons. The summed E-state index contributed by atoms with van der Waals surface area (Å²) in [5, 5.41) is 18.7. The van der Waals surface area contributed by atoms with Gasteiger partial charge in [-0.05, 0) is 48.2 Å². The summed E-state index contributed by atoms with van der Waals surface area (Å²) >= 11 is 0. The fourth-order valence-corrected chi connectivity index (χ4v) is 6.40. The van der Waals surface area contributed by atoms with Crippen LogP contribution in [0.4, 0.5) is 35.1 Å². The average molecular weight is 781 g/mol. The number of carbonyl (C=O) groups excluding carboxylic acids is 2. The third-order valence-corrected chi connectivity index (χ3v) is 9.90. The molecule has 0 spiro atoms. The van der Waals surface area contributed by atoms with Gasteiger partial charge in [-0.2, -0.15) is 46.2 Å². The smallest absolute Gasteiger partial charge is 0.366 e. The molecule has 0 radical (unpaired) electrons. The number of rotatable bonds is 11. The van der Waals surface area contributed by atoms with Crippen molar-refractivity contribution in [3.8, 4) is 11.3 Å². The molecular weight excluding hydrogens is 744 g/mol. The van der Waals surface area contributed by atoms with Crippen LogP contribution < -0.4 is 26.5 Å². The van der Waals surface area contributed by atoms with Crippen molar-refractivity contribution < 1.29 is 49.7 Å². The number of aromatic nitrogens is 3. The Labute approximate surface area is 308 Å². The highest BCUT2D eigenvalue weighted by molar-refractivity contribution is 6.02. The molecule has 4 N–H and O–H groups in total. The van der Waals surface area contributed by atoms with E-state index in [1.165, 1.54) is 36.5 Å². The maximum absolute atomic E-state index is 14.9. The third kappa shape index (κ3) is 7.45. The molecule has 12 nitrogen and oxygen atoms in total. The van der Waals surface area contributed by atoms with Crippen molar-refractivity contribution in [3.05, 3.63) is 75.5 Å². The van der Waals surface area contributed by atoms with Gasteiger partial charge in [-0.3, -0.25) is 20.3 Å². The molecule has 3 heterocycles. The lowest BCUT2D eigenvalue weighted by molar-refractivity contribution is -0.546. The van der Waals surface area contributed by atoms with E-state index in [1.54, 1.807) is 16.9 Å². The van der Waals surface area contributed by atoms with Crippen molar-refractivity contribution >= 4 is 36.5 Å². The number of guanidine groups is 1. The number of nitrogens with zero attached hydrogens (tertiary/aromatic N) is 7. The van der Waals surface area contributed by atoms with Gasteiger partial charge in [0.1, 0.15) is 17.7 Å². The van der Waals surface area contributed by atoms with Crippen LogP contribution in [0.5, 0.6) is 0 Å². The van der Waals surface area contributed by atoms with E-state index >= 15 is 0 Å². The fraction of sp³-hybridized carbons (Fsp3) is 0.429. The van der Waals surface area contributed by atoms with E-state index in [-0.39, 0.29) is 33.4 Å². The fourth-order valence-electron chi connectivity index (χ4n) is 6.40. The average Bonchev–Trinajstić information content (AvgIpc) is 3.52. The van der Waals surface area contributed by atoms with Crippen molar-refractivity contribution in [2.24, 2.45) is 22.2 Å². The Morgan fingerprint density at radius 3 is 2.38 bits per heavy atom. The Morgan fingerprint density at radius 2 is 1.78 bits per heavy atom. The number of nitrogens with two attached hydrogens (primary N) is 1. The van der Waals surface area contributed by atoms with Crippen LogP contribution in [-0.4, -0.2) is 74.5 Å². The van der Waals surface area contributed by atoms with Crippen LogP contribution in [0.15, 0.2) is 53.8 Å². The first-order valence-electron chi connectivity index (χ1n) is 17.0. The zero-order valence-electron chi connectivity index (χ0n) is 29.6. The highest BCUT2D eigenvalue weighted by Gasteiger charge is 2.62. The topological polar surface area (TPSA) is 150 Å². The molecule has 1 unspecified atom stereocenters. The molecule has 3 aliphatic rings. The highest BCUT2D eigenvalue weighted by atomic mass is 19.4. The Kier molecular flexibility index (Phi) is 9.92. The zero-order chi connectivity index (χ0) is 40.2. The number of hydrazone groups is 1. The number of hydrogen-bond acceptors (Lipinski definition) is 7. The van der Waals surface area contributed by atoms with E-state index in [0.717, 1.165) is 37.9 Å². The number of amides is 2. The third-order valence-electron chi connectivity index (χ3n) is 9.90. The summed E-state index contributed by atoms with van der Waals surface area (Å²) in [7, 11) is 0. The summed E-state index contributed by atoms with van der Waals surface area (Å²) < 4.78 is 112. The van der Waals surface area contributed by atoms with Crippen LogP contribution in [-0.2, 0) is 15.1 Å². The summed E-state index contributed by atoms with van der Waals surface area (Å²) in [6.45, 7) is 2.40. The van der Waals surface area contributed by atoms with Crippen molar-refractivity contribution in [2.75, 3.05) is 6.54 Å². The number of hydrogen-bond donors (Lipinski definition) is 3. The van der Waals surface area contributed by atoms with Crippen LogP contribution in [0, 0.1) is 11.3 Å². The van der Waals surface area contributed by atoms with Gasteiger partial charge in [0, 0.05) is 23.4 Å². The minimum atomic E-state index is -4.94. The molecule has 1 saturated carbocycles. The summed E-state index contributed by atoms with van der Waals surface area (Å²) in [5.41, 5.74) is 2.84. The molecule has 2 aliphatic heterocycles. The van der Waals surface area contributed by atoms with Gasteiger partial charge >= 0.3 is 24.2 Å². The predicted molar refractivity (Wildman–Crippen MR) is 182 cm³/mol. The van der Waals surface area contributed by atoms with Crippen LogP contribution >= 0.6 is 0 Å². The van der Waals surface area contributed by atoms with E-state index < -0.39 is 72.6 Å². The highest BCUT2D eigenvalue weighted by Crippen LogP contribution is 2.46. The molecular formula is C35H36F8N10O2. The largest absolute Gasteiger partial charge is 0.400 e. The zero-order valence-corrected chi connectivity index (χ0v) is 29.6. The van der Waals surface area contributed by atoms with Gasteiger partial charge in [0.2, 0.25) is 11.4 Å². The number of benzene rings is 2. The summed E-state index contributed by atoms with van der Waals surface area (Å²) in [6.07, 6.45) is -6.41. The Hall–Kier alpha value is -5.56. The van der Waals surface area contributed by atoms with Crippen LogP contribution in [0.25, 0.3) is 29.0 Å². The molecule has 55 heavy (non-hydrogen) atoms. The maximum Gasteiger partial charge on any atom is 0.400 e. The maximum atomic E-state index is 14.9. The molecule has 2 aromatic carbocycles. The van der Waals surface area contributed by atoms with Crippen molar-refractivity contribution in [1.29, 1.82) is 0 Å². The number of halogens is 8. The van der Waals surface area contributed by atoms with Crippen LogP contribution in [0.1, 0.15) is 63.2 Å². The molecule has 2 amide bonds. The van der Waals surface area contributed by atoms with E-state index in [0.29, 0.717) is 23.2 Å². The van der Waals surface area contributed by atoms with Gasteiger partial charge < -0.3 is 20.7 Å². The van der Waals surface area contributed by atoms with Gasteiger partial charge in [0.15, 0.2) is 0 Å². The van der Waals surface area contributed by atoms with E-state index in [4.69, 9.17) is 5.73 Å². The molecule has 0 saturated heterocycles. The van der Waals surface area contributed by atoms with Crippen LogP contribution in [0.2, 0.25) is 0 Å². The second kappa shape index (κ2) is 13.9. The van der Waals surface area contributed by atoms with Gasteiger partial charge in [0.05, 0.1) is 24.2 Å². The van der Waals surface area contributed by atoms with E-state index in [2.05, 4.69) is 37.5 Å². The van der Waals surface area contributed by atoms with Gasteiger partial charge in [0.25, 0.3) is 6.55 Å². The molecule has 6 rings (SSSR count). The van der Waals surface area contributed by atoms with Crippen molar-refractivity contribution in [3.63, 3.8) is 0 Å². The predicted octanol–water partition coefficient (Wildman–Crippen LogP) is 3.08. The number of nitrogens with one attached hydrogen (secondary N) is 2. The molecule has 1 aromatic heterocycles. The Morgan fingerprint density at radius 1 is 1.11 bits per heavy atom. The SMILES string of the molecule is C=c1ccc(C(CNC(=O)[C@H](C)C(F)(F)F)N2C(=O)[C@@](CC(C)(C)C(F)(F)F)(c3ccc(-c4cnn(C5CC5)n4)cc3)[NH+]=C2N)cc1=C1[N-]C=NN1C(F)F. The molecule has 20 heteroatoms. The van der Waals surface area contributed by atoms with Gasteiger partial charge in [-0.1, -0.05) is 56.8 Å². The number of alkyl halides is 8. The minimum absolute atomic E-state index is 0.0212. The second-order valence-corrected chi connectivity index (χ2v) is 14.3. The van der Waals surface area contributed by atoms with Crippen molar-refractivity contribution in [1.82, 2.24) is 30.2 Å².